The summed E-state index contributed by atoms with van der Waals surface area (Å²) in [4.78, 5) is 4.17. The predicted octanol–water partition coefficient (Wildman–Crippen LogP) is 2.57. The number of thioether (sulfide) groups is 1. The van der Waals surface area contributed by atoms with Crippen LogP contribution in [0.25, 0.3) is 0 Å². The van der Waals surface area contributed by atoms with Gasteiger partial charge in [-0.2, -0.15) is 11.8 Å². The van der Waals surface area contributed by atoms with Crippen LogP contribution < -0.4 is 10.6 Å². The van der Waals surface area contributed by atoms with E-state index in [1.54, 1.807) is 7.05 Å². The molecule has 1 aliphatic rings. The average Bonchev–Trinajstić information content (AvgIpc) is 2.50. The third-order valence-electron chi connectivity index (χ3n) is 3.42. The molecule has 0 spiro atoms. The molecule has 1 aromatic rings. The summed E-state index contributed by atoms with van der Waals surface area (Å²) in [5, 5.41) is 6.52. The molecular weight excluding hydrogens is 292 g/mol. The highest BCUT2D eigenvalue weighted by molar-refractivity contribution is 7.99. The number of hydrogen-bond donors (Lipinski definition) is 2. The number of guanidine groups is 1. The molecule has 21 heavy (non-hydrogen) atoms. The molecule has 3 nitrogen and oxygen atoms in total. The van der Waals surface area contributed by atoms with Gasteiger partial charge in [0, 0.05) is 25.4 Å². The predicted molar refractivity (Wildman–Crippen MR) is 84.9 cm³/mol. The van der Waals surface area contributed by atoms with E-state index in [2.05, 4.69) is 15.6 Å². The Labute approximate surface area is 128 Å². The first-order chi connectivity index (χ1) is 10.2. The molecule has 0 radical (unpaired) electrons. The molecule has 1 aromatic carbocycles. The van der Waals surface area contributed by atoms with Gasteiger partial charge in [0.05, 0.1) is 0 Å². The van der Waals surface area contributed by atoms with Crippen molar-refractivity contribution in [1.29, 1.82) is 0 Å². The van der Waals surface area contributed by atoms with Crippen LogP contribution in [0.1, 0.15) is 18.4 Å². The normalized spacial score (nSPS) is 19.4. The van der Waals surface area contributed by atoms with Gasteiger partial charge in [-0.3, -0.25) is 4.99 Å². The summed E-state index contributed by atoms with van der Waals surface area (Å²) in [7, 11) is 1.72. The summed E-state index contributed by atoms with van der Waals surface area (Å²) in [6.45, 7) is 0.514. The van der Waals surface area contributed by atoms with Crippen molar-refractivity contribution in [2.24, 2.45) is 4.99 Å². The standard InChI is InChI=1S/C15H21F2N3S/c1-18-15(20-13-3-2-8-21-10-13)19-7-6-11-9-12(16)4-5-14(11)17/h4-5,9,13H,2-3,6-8,10H2,1H3,(H2,18,19,20). The Morgan fingerprint density at radius 1 is 1.43 bits per heavy atom. The molecule has 1 aliphatic heterocycles. The Bertz CT molecular complexity index is 488. The minimum atomic E-state index is -0.409. The average molecular weight is 313 g/mol. The Morgan fingerprint density at radius 3 is 3.00 bits per heavy atom. The van der Waals surface area contributed by atoms with Crippen LogP contribution in [0.4, 0.5) is 8.78 Å². The van der Waals surface area contributed by atoms with Crippen LogP contribution in [0.15, 0.2) is 23.2 Å². The van der Waals surface area contributed by atoms with Crippen LogP contribution in [0.5, 0.6) is 0 Å². The van der Waals surface area contributed by atoms with Gasteiger partial charge in [0.15, 0.2) is 5.96 Å². The topological polar surface area (TPSA) is 36.4 Å². The van der Waals surface area contributed by atoms with E-state index >= 15 is 0 Å². The Balaban J connectivity index is 1.79. The van der Waals surface area contributed by atoms with E-state index in [1.807, 2.05) is 11.8 Å². The van der Waals surface area contributed by atoms with Crippen LogP contribution >= 0.6 is 11.8 Å². The van der Waals surface area contributed by atoms with Gasteiger partial charge in [0.25, 0.3) is 0 Å². The molecular formula is C15H21F2N3S. The van der Waals surface area contributed by atoms with Gasteiger partial charge in [-0.25, -0.2) is 8.78 Å². The molecule has 116 valence electrons. The van der Waals surface area contributed by atoms with Crippen LogP contribution in [-0.4, -0.2) is 37.1 Å². The van der Waals surface area contributed by atoms with Gasteiger partial charge in [-0.15, -0.1) is 0 Å². The fourth-order valence-electron chi connectivity index (χ4n) is 2.29. The lowest BCUT2D eigenvalue weighted by Gasteiger charge is -2.24. The SMILES string of the molecule is CN=C(NCCc1cc(F)ccc1F)NC1CCCSC1. The lowest BCUT2D eigenvalue weighted by molar-refractivity contribution is 0.574. The third kappa shape index (κ3) is 5.19. The maximum Gasteiger partial charge on any atom is 0.191 e. The highest BCUT2D eigenvalue weighted by Gasteiger charge is 2.14. The van der Waals surface area contributed by atoms with Crippen molar-refractivity contribution >= 4 is 17.7 Å². The number of hydrogen-bond acceptors (Lipinski definition) is 2. The zero-order valence-corrected chi connectivity index (χ0v) is 13.0. The van der Waals surface area contributed by atoms with Crippen molar-refractivity contribution in [3.8, 4) is 0 Å². The van der Waals surface area contributed by atoms with Crippen molar-refractivity contribution in [3.05, 3.63) is 35.4 Å². The van der Waals surface area contributed by atoms with E-state index in [4.69, 9.17) is 0 Å². The molecule has 6 heteroatoms. The van der Waals surface area contributed by atoms with Crippen molar-refractivity contribution in [3.63, 3.8) is 0 Å². The highest BCUT2D eigenvalue weighted by Crippen LogP contribution is 2.16. The molecule has 2 rings (SSSR count). The van der Waals surface area contributed by atoms with E-state index in [0.717, 1.165) is 30.3 Å². The lowest BCUT2D eigenvalue weighted by atomic mass is 10.1. The fraction of sp³-hybridized carbons (Fsp3) is 0.533. The van der Waals surface area contributed by atoms with E-state index < -0.39 is 5.82 Å². The van der Waals surface area contributed by atoms with Gasteiger partial charge in [0.2, 0.25) is 0 Å². The quantitative estimate of drug-likeness (QED) is 0.662. The lowest BCUT2D eigenvalue weighted by Crippen LogP contribution is -2.46. The van der Waals surface area contributed by atoms with Gasteiger partial charge >= 0.3 is 0 Å². The van der Waals surface area contributed by atoms with Gasteiger partial charge in [-0.05, 0) is 48.8 Å². The van der Waals surface area contributed by atoms with Crippen molar-refractivity contribution in [1.82, 2.24) is 10.6 Å². The molecule has 1 fully saturated rings. The minimum Gasteiger partial charge on any atom is -0.356 e. The maximum atomic E-state index is 13.5. The van der Waals surface area contributed by atoms with Crippen molar-refractivity contribution in [2.45, 2.75) is 25.3 Å². The Morgan fingerprint density at radius 2 is 2.29 bits per heavy atom. The molecule has 1 unspecified atom stereocenters. The van der Waals surface area contributed by atoms with E-state index in [0.29, 0.717) is 24.6 Å². The first-order valence-electron chi connectivity index (χ1n) is 7.18. The second-order valence-electron chi connectivity index (χ2n) is 5.04. The molecule has 1 heterocycles. The Kier molecular flexibility index (Phi) is 6.29. The second-order valence-corrected chi connectivity index (χ2v) is 6.19. The number of rotatable bonds is 4. The second kappa shape index (κ2) is 8.22. The van der Waals surface area contributed by atoms with Gasteiger partial charge in [0.1, 0.15) is 11.6 Å². The largest absolute Gasteiger partial charge is 0.356 e. The summed E-state index contributed by atoms with van der Waals surface area (Å²) in [6, 6.07) is 3.97. The molecule has 0 bridgehead atoms. The van der Waals surface area contributed by atoms with Crippen molar-refractivity contribution in [2.75, 3.05) is 25.1 Å². The van der Waals surface area contributed by atoms with E-state index in [9.17, 15) is 8.78 Å². The van der Waals surface area contributed by atoms with Crippen LogP contribution in [0, 0.1) is 11.6 Å². The number of aliphatic imine (C=N–C) groups is 1. The molecule has 0 amide bonds. The van der Waals surface area contributed by atoms with Gasteiger partial charge in [-0.1, -0.05) is 0 Å². The first-order valence-corrected chi connectivity index (χ1v) is 8.33. The molecule has 1 saturated heterocycles. The monoisotopic (exact) mass is 313 g/mol. The summed E-state index contributed by atoms with van der Waals surface area (Å²) in [6.07, 6.45) is 2.78. The number of halogens is 2. The maximum absolute atomic E-state index is 13.5. The van der Waals surface area contributed by atoms with E-state index in [-0.39, 0.29) is 5.82 Å². The number of nitrogens with zero attached hydrogens (tertiary/aromatic N) is 1. The zero-order chi connectivity index (χ0) is 15.1. The molecule has 0 aromatic heterocycles. The van der Waals surface area contributed by atoms with Crippen LogP contribution in [0.3, 0.4) is 0 Å². The first kappa shape index (κ1) is 16.1. The van der Waals surface area contributed by atoms with E-state index in [1.165, 1.54) is 18.2 Å². The number of benzene rings is 1. The summed E-state index contributed by atoms with van der Waals surface area (Å²) in [5.74, 6) is 2.25. The van der Waals surface area contributed by atoms with Crippen LogP contribution in [-0.2, 0) is 6.42 Å². The van der Waals surface area contributed by atoms with Crippen LogP contribution in [0.2, 0.25) is 0 Å². The smallest absolute Gasteiger partial charge is 0.191 e. The third-order valence-corrected chi connectivity index (χ3v) is 4.63. The zero-order valence-electron chi connectivity index (χ0n) is 12.2. The minimum absolute atomic E-state index is 0.371. The molecule has 1 atom stereocenters. The summed E-state index contributed by atoms with van der Waals surface area (Å²) in [5.41, 5.74) is 0.381. The fourth-order valence-corrected chi connectivity index (χ4v) is 3.36. The molecule has 2 N–H and O–H groups in total. The summed E-state index contributed by atoms with van der Waals surface area (Å²) < 4.78 is 26.6. The Hall–Kier alpha value is -1.30. The number of nitrogens with one attached hydrogen (secondary N) is 2. The highest BCUT2D eigenvalue weighted by atomic mass is 32.2. The van der Waals surface area contributed by atoms with Crippen molar-refractivity contribution < 1.29 is 8.78 Å². The molecule has 0 aliphatic carbocycles. The summed E-state index contributed by atoms with van der Waals surface area (Å²) >= 11 is 1.94. The molecule has 0 saturated carbocycles. The van der Waals surface area contributed by atoms with Gasteiger partial charge < -0.3 is 10.6 Å².